The number of hydrogen-bond acceptors (Lipinski definition) is 0. The van der Waals surface area contributed by atoms with Crippen LogP contribution in [0.1, 0.15) is 22.3 Å². The summed E-state index contributed by atoms with van der Waals surface area (Å²) in [6.07, 6.45) is 0. The Balaban J connectivity index is 0.000000112. The second kappa shape index (κ2) is 42.2. The Kier molecular flexibility index (Phi) is 27.5. The average molecular weight is 2220 g/mol. The molecule has 0 N–H and O–H groups in total. The normalized spacial score (nSPS) is 11.6. The van der Waals surface area contributed by atoms with Gasteiger partial charge < -0.3 is 0 Å². The van der Waals surface area contributed by atoms with E-state index in [0.717, 1.165) is 26.8 Å². The summed E-state index contributed by atoms with van der Waals surface area (Å²) >= 11 is 22.1. The van der Waals surface area contributed by atoms with Gasteiger partial charge in [0.15, 0.2) is 0 Å². The molecule has 24 aromatic rings. The molecule has 0 heterocycles. The fourth-order valence-electron chi connectivity index (χ4n) is 20.7. The number of halogens is 6. The molecule has 0 aromatic heterocycles. The van der Waals surface area contributed by atoms with Crippen LogP contribution in [0.5, 0.6) is 0 Å². The van der Waals surface area contributed by atoms with Crippen LogP contribution in [0, 0.1) is 0 Å². The molecule has 24 aromatic carbocycles. The van der Waals surface area contributed by atoms with Gasteiger partial charge in [0.2, 0.25) is 0 Å². The number of benzene rings is 24. The topological polar surface area (TPSA) is 0 Å². The van der Waals surface area contributed by atoms with Crippen molar-refractivity contribution in [3.05, 3.63) is 595 Å². The van der Waals surface area contributed by atoms with Gasteiger partial charge in [-0.2, -0.15) is 0 Å². The second-order valence-electron chi connectivity index (χ2n) is 36.0. The predicted molar refractivity (Wildman–Crippen MR) is 630 cm³/mol. The lowest BCUT2D eigenvalue weighted by Gasteiger charge is -2.34. The monoisotopic (exact) mass is 2210 g/mol. The van der Waals surface area contributed by atoms with E-state index in [9.17, 15) is 0 Å². The third kappa shape index (κ3) is 19.6. The highest BCUT2D eigenvalue weighted by Gasteiger charge is 2.46. The lowest BCUT2D eigenvalue weighted by Crippen LogP contribution is -2.28. The summed E-state index contributed by atoms with van der Waals surface area (Å²) in [7, 11) is 0. The Morgan fingerprint density at radius 1 is 0.119 bits per heavy atom. The maximum absolute atomic E-state index is 3.82. The van der Waals surface area contributed by atoms with Crippen LogP contribution in [-0.4, -0.2) is 0 Å². The van der Waals surface area contributed by atoms with Gasteiger partial charge in [0.25, 0.3) is 0 Å². The minimum atomic E-state index is -0.452. The van der Waals surface area contributed by atoms with Crippen molar-refractivity contribution in [3.8, 4) is 156 Å². The van der Waals surface area contributed by atoms with Gasteiger partial charge in [0, 0.05) is 26.8 Å². The lowest BCUT2D eigenvalue weighted by atomic mass is 9.67. The molecule has 0 nitrogen and oxygen atoms in total. The van der Waals surface area contributed by atoms with Crippen LogP contribution >= 0.6 is 95.6 Å². The Bertz CT molecular complexity index is 8490. The quantitative estimate of drug-likeness (QED) is 0.0898. The van der Waals surface area contributed by atoms with Crippen molar-refractivity contribution >= 4 is 139 Å². The van der Waals surface area contributed by atoms with Crippen LogP contribution < -0.4 is 0 Å². The van der Waals surface area contributed by atoms with Gasteiger partial charge in [0.05, 0.1) is 5.41 Å². The zero-order valence-electron chi connectivity index (χ0n) is 77.7. The summed E-state index contributed by atoms with van der Waals surface area (Å²) < 4.78 is 6.50. The first-order chi connectivity index (χ1) is 70.3. The van der Waals surface area contributed by atoms with Crippen molar-refractivity contribution in [2.45, 2.75) is 5.41 Å². The first-order valence-corrected chi connectivity index (χ1v) is 52.7. The standard InChI is InChI=1S/C43H29Br.C42H27Br.C34H22Br2.C18H12Br2/c44-38-22-24-40-39-23-21-32(35-26-33(30-13-5-1-6-14-30)25-34(27-35)31-15-7-2-8-16-31)28-41(39)43(42(40)29-38,36-17-9-3-10-18-36)37-19-11-4-12-20-37;43-40-24-23-39(33-17-7-8-18-34(33)40)42-37-21-11-9-19-35(37)41(36-20-10-12-22-38(36)42)32-26-30(28-13-3-1-4-14-28)25-31(27-32)29-15-5-2-6-16-29;35-29-20-28(21-30(36)22-29)32-16-15-31(33-13-7-8-14-34(32)33)27-18-25(23-9-3-1-4-10-23)17-26(19-27)24-11-5-2-6-12-24;19-17-8-4-7-14(10-17)16-9-15(11-18(20)12-16)13-5-2-1-3-6-13/h1-29H;1-27H;1-22H;1-12H. The summed E-state index contributed by atoms with van der Waals surface area (Å²) in [6, 6.07) is 197. The van der Waals surface area contributed by atoms with E-state index in [0.29, 0.717) is 0 Å². The Morgan fingerprint density at radius 2 is 0.364 bits per heavy atom. The van der Waals surface area contributed by atoms with E-state index in [1.807, 2.05) is 12.1 Å². The predicted octanol–water partition coefficient (Wildman–Crippen LogP) is 42.0. The molecule has 0 unspecified atom stereocenters. The van der Waals surface area contributed by atoms with Crippen LogP contribution in [0.3, 0.4) is 0 Å². The zero-order chi connectivity index (χ0) is 96.7. The molecule has 1 aliphatic carbocycles. The third-order valence-corrected chi connectivity index (χ3v) is 30.3. The van der Waals surface area contributed by atoms with Gasteiger partial charge in [-0.1, -0.05) is 514 Å². The molecule has 0 spiro atoms. The molecular formula is C137H90Br6. The van der Waals surface area contributed by atoms with Gasteiger partial charge in [-0.15, -0.1) is 0 Å². The maximum Gasteiger partial charge on any atom is 0.0714 e. The molecule has 6 heteroatoms. The number of hydrogen-bond donors (Lipinski definition) is 0. The number of rotatable bonds is 15. The van der Waals surface area contributed by atoms with E-state index in [1.165, 1.54) is 221 Å². The summed E-state index contributed by atoms with van der Waals surface area (Å²) in [4.78, 5) is 0. The molecule has 143 heavy (non-hydrogen) atoms. The van der Waals surface area contributed by atoms with E-state index in [4.69, 9.17) is 0 Å². The van der Waals surface area contributed by atoms with E-state index in [1.54, 1.807) is 0 Å². The highest BCUT2D eigenvalue weighted by atomic mass is 79.9. The summed E-state index contributed by atoms with van der Waals surface area (Å²) in [5.41, 5.74) is 39.0. The SMILES string of the molecule is Brc1cc(Br)cc(-c2ccc(-c3cc(-c4ccccc4)cc(-c4ccccc4)c3)c3ccccc23)c1.Brc1ccc(-c2c3ccccc3c(-c3cc(-c4ccccc4)cc(-c4ccccc4)c3)c3ccccc23)c2ccccc12.Brc1ccc2c(c1)C(c1ccccc1)(c1ccccc1)c1cc(-c3cc(-c4ccccc4)cc(-c4ccccc4)c3)ccc1-2.Brc1cccc(-c2cc(Br)cc(-c3ccccc3)c2)c1. The summed E-state index contributed by atoms with van der Waals surface area (Å²) in [6.45, 7) is 0. The molecule has 0 amide bonds. The van der Waals surface area contributed by atoms with E-state index < -0.39 is 5.41 Å². The van der Waals surface area contributed by atoms with E-state index in [2.05, 4.69) is 629 Å². The van der Waals surface area contributed by atoms with Gasteiger partial charge in [0.1, 0.15) is 0 Å². The maximum atomic E-state index is 3.82. The van der Waals surface area contributed by atoms with Gasteiger partial charge in [-0.3, -0.25) is 0 Å². The van der Waals surface area contributed by atoms with Crippen LogP contribution in [0.15, 0.2) is 573 Å². The molecule has 0 saturated heterocycles. The second-order valence-corrected chi connectivity index (χ2v) is 41.4. The lowest BCUT2D eigenvalue weighted by molar-refractivity contribution is 0.768. The Hall–Kier alpha value is -14.8. The average Bonchev–Trinajstić information content (AvgIpc) is 1.51. The van der Waals surface area contributed by atoms with Crippen LogP contribution in [-0.2, 0) is 5.41 Å². The molecule has 25 rings (SSSR count). The highest BCUT2D eigenvalue weighted by molar-refractivity contribution is 9.11. The minimum absolute atomic E-state index is 0.452. The molecule has 1 aliphatic rings. The summed E-state index contributed by atoms with van der Waals surface area (Å²) in [5.74, 6) is 0. The van der Waals surface area contributed by atoms with Crippen molar-refractivity contribution in [1.82, 2.24) is 0 Å². The van der Waals surface area contributed by atoms with Crippen LogP contribution in [0.2, 0.25) is 0 Å². The smallest absolute Gasteiger partial charge is 0.0622 e. The van der Waals surface area contributed by atoms with Crippen molar-refractivity contribution in [2.24, 2.45) is 0 Å². The molecule has 0 aliphatic heterocycles. The molecular weight excluding hydrogens is 2120 g/mol. The first kappa shape index (κ1) is 93.2. The minimum Gasteiger partial charge on any atom is -0.0622 e. The van der Waals surface area contributed by atoms with E-state index >= 15 is 0 Å². The number of fused-ring (bicyclic) bond motifs is 7. The van der Waals surface area contributed by atoms with Crippen LogP contribution in [0.4, 0.5) is 0 Å². The third-order valence-electron chi connectivity index (χ3n) is 27.2. The van der Waals surface area contributed by atoms with Crippen molar-refractivity contribution < 1.29 is 0 Å². The molecule has 0 fully saturated rings. The van der Waals surface area contributed by atoms with Gasteiger partial charge in [-0.05, 0) is 349 Å². The highest BCUT2D eigenvalue weighted by Crippen LogP contribution is 2.58. The zero-order valence-corrected chi connectivity index (χ0v) is 87.2. The molecule has 0 radical (unpaired) electrons. The fraction of sp³-hybridized carbons (Fsp3) is 0.00730. The first-order valence-electron chi connectivity index (χ1n) is 47.9. The molecule has 0 atom stereocenters. The summed E-state index contributed by atoms with van der Waals surface area (Å²) in [5, 5.41) is 9.99. The van der Waals surface area contributed by atoms with E-state index in [-0.39, 0.29) is 0 Å². The Labute approximate surface area is 886 Å². The van der Waals surface area contributed by atoms with Crippen molar-refractivity contribution in [3.63, 3.8) is 0 Å². The van der Waals surface area contributed by atoms with Crippen molar-refractivity contribution in [1.29, 1.82) is 0 Å². The Morgan fingerprint density at radius 3 is 0.755 bits per heavy atom. The molecule has 0 saturated carbocycles. The van der Waals surface area contributed by atoms with Gasteiger partial charge in [-0.25, -0.2) is 0 Å². The fourth-order valence-corrected chi connectivity index (χ4v) is 23.7. The van der Waals surface area contributed by atoms with Crippen LogP contribution in [0.25, 0.3) is 199 Å². The van der Waals surface area contributed by atoms with Gasteiger partial charge >= 0.3 is 0 Å². The largest absolute Gasteiger partial charge is 0.0714 e. The van der Waals surface area contributed by atoms with Crippen molar-refractivity contribution in [2.75, 3.05) is 0 Å². The molecule has 0 bridgehead atoms. The molecule has 680 valence electrons.